The van der Waals surface area contributed by atoms with Gasteiger partial charge < -0.3 is 24.2 Å². The third-order valence-electron chi connectivity index (χ3n) is 7.38. The number of nitrogens with zero attached hydrogens (tertiary/aromatic N) is 5. The average molecular weight is 631 g/mol. The molecule has 0 saturated carbocycles. The summed E-state index contributed by atoms with van der Waals surface area (Å²) >= 11 is 0. The first kappa shape index (κ1) is 34.5. The third kappa shape index (κ3) is 7.97. The number of nitrogens with one attached hydrogen (secondary N) is 1. The molecule has 2 heterocycles. The maximum atomic E-state index is 13.4. The van der Waals surface area contributed by atoms with E-state index in [2.05, 4.69) is 16.3 Å². The summed E-state index contributed by atoms with van der Waals surface area (Å²) in [5, 5.41) is 33.9. The highest BCUT2D eigenvalue weighted by Crippen LogP contribution is 2.43. The van der Waals surface area contributed by atoms with Crippen molar-refractivity contribution in [1.29, 1.82) is 5.26 Å². The van der Waals surface area contributed by atoms with E-state index in [0.29, 0.717) is 46.4 Å². The summed E-state index contributed by atoms with van der Waals surface area (Å²) < 4.78 is 46.4. The predicted molar refractivity (Wildman–Crippen MR) is 154 cm³/mol. The highest BCUT2D eigenvalue weighted by atomic mass is 19.4. The van der Waals surface area contributed by atoms with E-state index in [1.54, 1.807) is 31.2 Å². The van der Waals surface area contributed by atoms with E-state index in [1.807, 2.05) is 14.1 Å². The van der Waals surface area contributed by atoms with Crippen molar-refractivity contribution >= 4 is 24.1 Å². The second kappa shape index (κ2) is 14.2. The van der Waals surface area contributed by atoms with Crippen LogP contribution in [-0.4, -0.2) is 83.9 Å². The SMILES string of the molecule is COC(=O)C1=C(C)N(c2cccc(CC(F)(F)F)c2)c2n[nH]c(=O)n2[C@@H]1c1ccc(C#N)cc1CC[N+](C)(C)CCO.O=C[O-]. The maximum Gasteiger partial charge on any atom is 0.393 e. The number of carbonyl (C=O) groups excluding carboxylic acids is 2. The van der Waals surface area contributed by atoms with Crippen LogP contribution in [0.15, 0.2) is 58.5 Å². The Morgan fingerprint density at radius 2 is 1.93 bits per heavy atom. The zero-order valence-electron chi connectivity index (χ0n) is 25.1. The van der Waals surface area contributed by atoms with Gasteiger partial charge in [-0.25, -0.2) is 19.3 Å². The van der Waals surface area contributed by atoms with Crippen LogP contribution < -0.4 is 15.7 Å². The molecule has 0 aliphatic carbocycles. The fourth-order valence-corrected chi connectivity index (χ4v) is 5.26. The van der Waals surface area contributed by atoms with Crippen LogP contribution in [0.1, 0.15) is 35.2 Å². The molecule has 1 aliphatic heterocycles. The van der Waals surface area contributed by atoms with Crippen LogP contribution in [-0.2, 0) is 27.2 Å². The van der Waals surface area contributed by atoms with Gasteiger partial charge in [0.25, 0.3) is 0 Å². The second-order valence-corrected chi connectivity index (χ2v) is 10.9. The number of methoxy groups -OCH3 is 1. The minimum absolute atomic E-state index is 0.00280. The molecule has 1 atom stereocenters. The maximum absolute atomic E-state index is 13.4. The van der Waals surface area contributed by atoms with Crippen molar-refractivity contribution in [1.82, 2.24) is 14.8 Å². The Morgan fingerprint density at radius 3 is 2.53 bits per heavy atom. The highest BCUT2D eigenvalue weighted by Gasteiger charge is 2.40. The van der Waals surface area contributed by atoms with Crippen LogP contribution in [0, 0.1) is 11.3 Å². The van der Waals surface area contributed by atoms with Crippen LogP contribution in [0.25, 0.3) is 0 Å². The molecule has 0 fully saturated rings. The van der Waals surface area contributed by atoms with E-state index in [9.17, 15) is 33.1 Å². The van der Waals surface area contributed by atoms with Gasteiger partial charge in [-0.3, -0.25) is 4.90 Å². The number of aliphatic hydroxyl groups excluding tert-OH is 1. The molecule has 0 saturated heterocycles. The number of esters is 1. The highest BCUT2D eigenvalue weighted by molar-refractivity contribution is 5.93. The lowest BCUT2D eigenvalue weighted by Gasteiger charge is -2.36. The average Bonchev–Trinajstić information content (AvgIpc) is 3.35. The van der Waals surface area contributed by atoms with Gasteiger partial charge in [-0.05, 0) is 47.9 Å². The number of anilines is 2. The van der Waals surface area contributed by atoms with Gasteiger partial charge >= 0.3 is 17.8 Å². The van der Waals surface area contributed by atoms with Gasteiger partial charge in [-0.1, -0.05) is 18.2 Å². The summed E-state index contributed by atoms with van der Waals surface area (Å²) in [7, 11) is 5.12. The fourth-order valence-electron chi connectivity index (χ4n) is 5.26. The summed E-state index contributed by atoms with van der Waals surface area (Å²) in [6.07, 6.45) is -5.14. The monoisotopic (exact) mass is 630 g/mol. The van der Waals surface area contributed by atoms with Crippen LogP contribution in [0.2, 0.25) is 0 Å². The Balaban J connectivity index is 0.00000177. The van der Waals surface area contributed by atoms with Gasteiger partial charge in [0.05, 0.1) is 58.0 Å². The lowest BCUT2D eigenvalue weighted by Crippen LogP contribution is -2.43. The minimum atomic E-state index is -4.43. The first-order valence-electron chi connectivity index (χ1n) is 13.6. The number of aliphatic hydroxyl groups is 1. The first-order valence-corrected chi connectivity index (χ1v) is 13.6. The van der Waals surface area contributed by atoms with E-state index < -0.39 is 36.8 Å². The number of aromatic nitrogens is 3. The molecule has 1 aromatic heterocycles. The molecule has 1 aliphatic rings. The molecule has 15 heteroatoms. The topological polar surface area (TPSA) is 164 Å². The number of likely N-dealkylation sites (N-methyl/N-ethyl adjacent to an activating group) is 1. The van der Waals surface area contributed by atoms with Gasteiger partial charge in [0.15, 0.2) is 0 Å². The van der Waals surface area contributed by atoms with Crippen molar-refractivity contribution in [3.63, 3.8) is 0 Å². The zero-order chi connectivity index (χ0) is 33.5. The lowest BCUT2D eigenvalue weighted by molar-refractivity contribution is -0.890. The summed E-state index contributed by atoms with van der Waals surface area (Å²) in [5.41, 5.74) is 1.69. The summed E-state index contributed by atoms with van der Waals surface area (Å²) in [4.78, 5) is 36.4. The zero-order valence-corrected chi connectivity index (χ0v) is 25.1. The van der Waals surface area contributed by atoms with Crippen molar-refractivity contribution in [3.05, 3.63) is 86.5 Å². The van der Waals surface area contributed by atoms with Gasteiger partial charge in [-0.2, -0.15) is 18.4 Å². The van der Waals surface area contributed by atoms with Crippen LogP contribution >= 0.6 is 0 Å². The number of aromatic amines is 1. The molecule has 45 heavy (non-hydrogen) atoms. The number of fused-ring (bicyclic) bond motifs is 1. The predicted octanol–water partition coefficient (Wildman–Crippen LogP) is 1.71. The van der Waals surface area contributed by atoms with E-state index in [1.165, 1.54) is 34.8 Å². The second-order valence-electron chi connectivity index (χ2n) is 10.9. The van der Waals surface area contributed by atoms with Gasteiger partial charge in [0.1, 0.15) is 12.6 Å². The number of carbonyl (C=O) groups is 2. The van der Waals surface area contributed by atoms with E-state index in [-0.39, 0.29) is 29.4 Å². The minimum Gasteiger partial charge on any atom is -0.554 e. The number of quaternary nitrogens is 1. The number of ether oxygens (including phenoxy) is 1. The van der Waals surface area contributed by atoms with Crippen molar-refractivity contribution in [2.75, 3.05) is 45.8 Å². The Morgan fingerprint density at radius 1 is 1.24 bits per heavy atom. The Bertz CT molecular complexity index is 1670. The van der Waals surface area contributed by atoms with E-state index in [4.69, 9.17) is 14.6 Å². The smallest absolute Gasteiger partial charge is 0.393 e. The molecule has 0 amide bonds. The quantitative estimate of drug-likeness (QED) is 0.204. The number of allylic oxidation sites excluding steroid dienone is 1. The van der Waals surface area contributed by atoms with Crippen molar-refractivity contribution < 1.29 is 42.2 Å². The number of halogens is 3. The molecule has 4 rings (SSSR count). The van der Waals surface area contributed by atoms with Crippen LogP contribution in [0.4, 0.5) is 24.8 Å². The lowest BCUT2D eigenvalue weighted by atomic mass is 9.89. The Kier molecular flexibility index (Phi) is 10.9. The molecular formula is C30H33F3N6O6. The number of hydrogen-bond acceptors (Lipinski definition) is 9. The van der Waals surface area contributed by atoms with Crippen molar-refractivity contribution in [3.8, 4) is 6.07 Å². The van der Waals surface area contributed by atoms with E-state index in [0.717, 1.165) is 0 Å². The Hall–Kier alpha value is -4.94. The van der Waals surface area contributed by atoms with Crippen molar-refractivity contribution in [2.24, 2.45) is 0 Å². The molecule has 3 aromatic rings. The number of carboxylic acid groups (broad SMARTS) is 1. The molecule has 240 valence electrons. The molecule has 2 aromatic carbocycles. The first-order chi connectivity index (χ1) is 21.2. The van der Waals surface area contributed by atoms with Gasteiger partial charge in [0, 0.05) is 24.3 Å². The summed E-state index contributed by atoms with van der Waals surface area (Å²) in [6, 6.07) is 11.8. The number of alkyl halides is 3. The number of nitriles is 1. The number of hydrogen-bond donors (Lipinski definition) is 2. The molecule has 0 unspecified atom stereocenters. The molecule has 0 spiro atoms. The van der Waals surface area contributed by atoms with Gasteiger partial charge in [0.2, 0.25) is 5.95 Å². The van der Waals surface area contributed by atoms with Gasteiger partial charge in [-0.15, -0.1) is 5.10 Å². The largest absolute Gasteiger partial charge is 0.554 e. The summed E-state index contributed by atoms with van der Waals surface area (Å²) in [6.45, 7) is 2.18. The van der Waals surface area contributed by atoms with Crippen molar-refractivity contribution in [2.45, 2.75) is 32.0 Å². The Labute approximate surface area is 256 Å². The standard InChI is InChI=1S/C29H31F3N6O4.CH2O2/c1-18-24(26(40)42-4)25(23-9-8-20(17-33)14-21(23)10-11-38(2,3)12-13-39)37-27(34-35-28(37)41)36(18)22-7-5-6-19(15-22)16-29(30,31)32;2-1-3/h5-9,14-15,25,39H,10-13,16H2,1-4H3;1H,(H,2,3)/t25-;/m1./s1. The fraction of sp³-hybridized carbons (Fsp3) is 0.367. The van der Waals surface area contributed by atoms with Crippen LogP contribution in [0.3, 0.4) is 0 Å². The van der Waals surface area contributed by atoms with Crippen LogP contribution in [0.5, 0.6) is 0 Å². The molecular weight excluding hydrogens is 597 g/mol. The normalized spacial score (nSPS) is 14.6. The summed E-state index contributed by atoms with van der Waals surface area (Å²) in [5.74, 6) is -0.662. The number of benzene rings is 2. The number of H-pyrrole nitrogens is 1. The molecule has 0 radical (unpaired) electrons. The number of rotatable bonds is 9. The molecule has 2 N–H and O–H groups in total. The third-order valence-corrected chi connectivity index (χ3v) is 7.38. The molecule has 0 bridgehead atoms. The molecule has 12 nitrogen and oxygen atoms in total. The van der Waals surface area contributed by atoms with E-state index >= 15 is 0 Å².